The Morgan fingerprint density at radius 2 is 2.00 bits per heavy atom. The predicted octanol–water partition coefficient (Wildman–Crippen LogP) is 3.71. The highest BCUT2D eigenvalue weighted by atomic mass is 32.1. The van der Waals surface area contributed by atoms with E-state index in [4.69, 9.17) is 5.11 Å². The molecule has 1 atom stereocenters. The van der Waals surface area contributed by atoms with Gasteiger partial charge in [0.2, 0.25) is 5.91 Å². The molecule has 2 N–H and O–H groups in total. The van der Waals surface area contributed by atoms with Gasteiger partial charge in [-0.05, 0) is 55.9 Å². The Morgan fingerprint density at radius 1 is 1.19 bits per heavy atom. The molecule has 138 valence electrons. The number of phenols is 1. The summed E-state index contributed by atoms with van der Waals surface area (Å²) >= 11 is 1.33. The van der Waals surface area contributed by atoms with Gasteiger partial charge < -0.3 is 15.1 Å². The molecule has 26 heavy (non-hydrogen) atoms. The summed E-state index contributed by atoms with van der Waals surface area (Å²) in [6.07, 6.45) is 4.83. The van der Waals surface area contributed by atoms with Crippen molar-refractivity contribution >= 4 is 23.2 Å². The van der Waals surface area contributed by atoms with E-state index in [2.05, 4.69) is 0 Å². The van der Waals surface area contributed by atoms with Crippen LogP contribution in [0.2, 0.25) is 0 Å². The Labute approximate surface area is 156 Å². The van der Waals surface area contributed by atoms with Gasteiger partial charge in [0.1, 0.15) is 10.6 Å². The van der Waals surface area contributed by atoms with Crippen molar-refractivity contribution < 1.29 is 19.8 Å². The molecule has 1 aliphatic rings. The van der Waals surface area contributed by atoms with Crippen molar-refractivity contribution in [2.24, 2.45) is 0 Å². The lowest BCUT2D eigenvalue weighted by Crippen LogP contribution is -2.34. The zero-order valence-corrected chi connectivity index (χ0v) is 15.4. The highest BCUT2D eigenvalue weighted by Gasteiger charge is 2.30. The maximum Gasteiger partial charge on any atom is 0.345 e. The molecule has 0 radical (unpaired) electrons. The lowest BCUT2D eigenvalue weighted by Gasteiger charge is -2.25. The number of hydrogen-bond donors (Lipinski definition) is 2. The third kappa shape index (κ3) is 4.43. The Hall–Kier alpha value is -2.34. The molecule has 0 saturated carbocycles. The first-order valence-corrected chi connectivity index (χ1v) is 9.74. The Morgan fingerprint density at radius 3 is 2.73 bits per heavy atom. The number of benzene rings is 1. The maximum absolute atomic E-state index is 12.2. The van der Waals surface area contributed by atoms with Gasteiger partial charge in [-0.15, -0.1) is 11.3 Å². The van der Waals surface area contributed by atoms with Crippen LogP contribution < -0.4 is 0 Å². The van der Waals surface area contributed by atoms with Crippen LogP contribution in [0.15, 0.2) is 36.4 Å². The largest absolute Gasteiger partial charge is 0.508 e. The quantitative estimate of drug-likeness (QED) is 0.739. The van der Waals surface area contributed by atoms with Gasteiger partial charge >= 0.3 is 5.97 Å². The molecule has 1 fully saturated rings. The second kappa shape index (κ2) is 8.36. The van der Waals surface area contributed by atoms with Gasteiger partial charge in [0.25, 0.3) is 0 Å². The van der Waals surface area contributed by atoms with Crippen LogP contribution in [0.25, 0.3) is 0 Å². The Kier molecular flexibility index (Phi) is 5.93. The van der Waals surface area contributed by atoms with Crippen molar-refractivity contribution in [2.45, 2.75) is 44.6 Å². The molecular formula is C20H23NO4S. The molecule has 1 aromatic heterocycles. The van der Waals surface area contributed by atoms with E-state index in [0.29, 0.717) is 24.3 Å². The number of likely N-dealkylation sites (tertiary alicyclic amines) is 1. The molecule has 5 nitrogen and oxygen atoms in total. The van der Waals surface area contributed by atoms with E-state index in [9.17, 15) is 14.7 Å². The number of carbonyl (C=O) groups is 2. The van der Waals surface area contributed by atoms with E-state index in [-0.39, 0.29) is 17.7 Å². The molecule has 6 heteroatoms. The van der Waals surface area contributed by atoms with Crippen LogP contribution in [0.4, 0.5) is 0 Å². The average molecular weight is 373 g/mol. The summed E-state index contributed by atoms with van der Waals surface area (Å²) in [5, 5.41) is 18.9. The number of amides is 1. The lowest BCUT2D eigenvalue weighted by atomic mass is 10.1. The fraction of sp³-hybridized carbons (Fsp3) is 0.400. The number of aromatic hydroxyl groups is 1. The van der Waals surface area contributed by atoms with Crippen molar-refractivity contribution in [3.63, 3.8) is 0 Å². The normalized spacial score (nSPS) is 17.0. The highest BCUT2D eigenvalue weighted by Crippen LogP contribution is 2.26. The molecule has 3 rings (SSSR count). The molecule has 1 amide bonds. The summed E-state index contributed by atoms with van der Waals surface area (Å²) in [6.45, 7) is 0.628. The number of phenolic OH excluding ortho intramolecular Hbond substituents is 1. The van der Waals surface area contributed by atoms with Gasteiger partial charge in [0.15, 0.2) is 0 Å². The molecule has 0 spiro atoms. The number of thiophene rings is 1. The van der Waals surface area contributed by atoms with Crippen LogP contribution in [0.5, 0.6) is 5.75 Å². The monoisotopic (exact) mass is 373 g/mol. The van der Waals surface area contributed by atoms with Gasteiger partial charge in [-0.25, -0.2) is 4.79 Å². The molecule has 2 heterocycles. The number of nitrogens with zero attached hydrogens (tertiary/aromatic N) is 1. The van der Waals surface area contributed by atoms with Crippen LogP contribution in [-0.4, -0.2) is 39.6 Å². The van der Waals surface area contributed by atoms with Gasteiger partial charge in [-0.3, -0.25) is 4.79 Å². The van der Waals surface area contributed by atoms with E-state index in [1.807, 2.05) is 23.1 Å². The van der Waals surface area contributed by atoms with E-state index in [1.165, 1.54) is 11.3 Å². The van der Waals surface area contributed by atoms with Crippen molar-refractivity contribution in [3.8, 4) is 5.75 Å². The molecular weight excluding hydrogens is 350 g/mol. The van der Waals surface area contributed by atoms with Crippen molar-refractivity contribution in [3.05, 3.63) is 51.7 Å². The van der Waals surface area contributed by atoms with Crippen LogP contribution in [0.1, 0.15) is 45.8 Å². The van der Waals surface area contributed by atoms with Crippen LogP contribution in [0.3, 0.4) is 0 Å². The van der Waals surface area contributed by atoms with Crippen LogP contribution in [0, 0.1) is 0 Å². The minimum absolute atomic E-state index is 0.190. The Bertz CT molecular complexity index is 786. The van der Waals surface area contributed by atoms with Crippen molar-refractivity contribution in [1.82, 2.24) is 4.90 Å². The zero-order valence-electron chi connectivity index (χ0n) is 14.6. The molecule has 0 aliphatic carbocycles. The predicted molar refractivity (Wildman–Crippen MR) is 101 cm³/mol. The standard InChI is InChI=1S/C20H23NO4S/c22-17-7-2-1-4-14(17)12-13-21-15(8-11-19(21)23)5-3-6-16-9-10-18(26-16)20(24)25/h1-2,4,7,9-10,15,22H,3,5-6,8,11-13H2,(H,24,25)/t15-/m0/s1. The fourth-order valence-corrected chi connectivity index (χ4v) is 4.39. The number of aryl methyl sites for hydroxylation is 1. The lowest BCUT2D eigenvalue weighted by molar-refractivity contribution is -0.129. The molecule has 0 bridgehead atoms. The molecule has 1 aliphatic heterocycles. The van der Waals surface area contributed by atoms with Crippen molar-refractivity contribution in [1.29, 1.82) is 0 Å². The van der Waals surface area contributed by atoms with E-state index < -0.39 is 5.97 Å². The molecule has 0 unspecified atom stereocenters. The number of carbonyl (C=O) groups excluding carboxylic acids is 1. The third-order valence-corrected chi connectivity index (χ3v) is 6.03. The van der Waals surface area contributed by atoms with E-state index in [0.717, 1.165) is 36.1 Å². The first kappa shape index (κ1) is 18.5. The third-order valence-electron chi connectivity index (χ3n) is 4.90. The maximum atomic E-state index is 12.2. The number of para-hydroxylation sites is 1. The summed E-state index contributed by atoms with van der Waals surface area (Å²) in [7, 11) is 0. The van der Waals surface area contributed by atoms with Gasteiger partial charge in [0, 0.05) is 23.9 Å². The molecule has 1 saturated heterocycles. The van der Waals surface area contributed by atoms with Crippen LogP contribution in [-0.2, 0) is 17.6 Å². The Balaban J connectivity index is 1.50. The average Bonchev–Trinajstić information content (AvgIpc) is 3.22. The number of carboxylic acid groups (broad SMARTS) is 1. The van der Waals surface area contributed by atoms with E-state index in [1.54, 1.807) is 18.2 Å². The second-order valence-electron chi connectivity index (χ2n) is 6.62. The summed E-state index contributed by atoms with van der Waals surface area (Å²) in [6, 6.07) is 11.0. The summed E-state index contributed by atoms with van der Waals surface area (Å²) in [5.74, 6) is -0.407. The minimum atomic E-state index is -0.877. The first-order chi connectivity index (χ1) is 12.5. The van der Waals surface area contributed by atoms with Crippen molar-refractivity contribution in [2.75, 3.05) is 6.54 Å². The molecule has 1 aromatic carbocycles. The number of rotatable bonds is 8. The minimum Gasteiger partial charge on any atom is -0.508 e. The fourth-order valence-electron chi connectivity index (χ4n) is 3.50. The number of carboxylic acids is 1. The zero-order chi connectivity index (χ0) is 18.5. The smallest absolute Gasteiger partial charge is 0.345 e. The SMILES string of the molecule is O=C(O)c1ccc(CCC[C@H]2CCC(=O)N2CCc2ccccc2O)s1. The molecule has 2 aromatic rings. The van der Waals surface area contributed by atoms with Crippen LogP contribution >= 0.6 is 11.3 Å². The summed E-state index contributed by atoms with van der Waals surface area (Å²) in [5.41, 5.74) is 0.866. The second-order valence-corrected chi connectivity index (χ2v) is 7.79. The van der Waals surface area contributed by atoms with Gasteiger partial charge in [-0.2, -0.15) is 0 Å². The van der Waals surface area contributed by atoms with Gasteiger partial charge in [0.05, 0.1) is 0 Å². The van der Waals surface area contributed by atoms with E-state index >= 15 is 0 Å². The summed E-state index contributed by atoms with van der Waals surface area (Å²) < 4.78 is 0. The topological polar surface area (TPSA) is 77.8 Å². The number of aromatic carboxylic acids is 1. The first-order valence-electron chi connectivity index (χ1n) is 8.93. The summed E-state index contributed by atoms with van der Waals surface area (Å²) in [4.78, 5) is 26.5. The van der Waals surface area contributed by atoms with Gasteiger partial charge in [-0.1, -0.05) is 18.2 Å². The number of hydrogen-bond acceptors (Lipinski definition) is 4. The highest BCUT2D eigenvalue weighted by molar-refractivity contribution is 7.13.